The molecule has 0 spiro atoms. The molecule has 0 aromatic heterocycles. The Morgan fingerprint density at radius 3 is 2.65 bits per heavy atom. The maximum atomic E-state index is 12.2. The van der Waals surface area contributed by atoms with Gasteiger partial charge in [-0.3, -0.25) is 4.79 Å². The van der Waals surface area contributed by atoms with Gasteiger partial charge in [0, 0.05) is 37.7 Å². The predicted octanol–water partition coefficient (Wildman–Crippen LogP) is 4.34. The van der Waals surface area contributed by atoms with Crippen molar-refractivity contribution in [2.45, 2.75) is 66.5 Å². The van der Waals surface area contributed by atoms with E-state index in [1.165, 1.54) is 6.42 Å². The summed E-state index contributed by atoms with van der Waals surface area (Å²) in [5.41, 5.74) is 1.83. The first kappa shape index (κ1) is 27.7. The van der Waals surface area contributed by atoms with E-state index in [2.05, 4.69) is 43.6 Å². The molecule has 1 heterocycles. The molecule has 1 aromatic carbocycles. The third-order valence-corrected chi connectivity index (χ3v) is 5.32. The first-order valence-electron chi connectivity index (χ1n) is 11.4. The topological polar surface area (TPSA) is 74.8 Å². The number of carbonyl (C=O) groups excluding carboxylic acids is 1. The summed E-state index contributed by atoms with van der Waals surface area (Å²) < 4.78 is 6.10. The van der Waals surface area contributed by atoms with Crippen molar-refractivity contribution >= 4 is 35.8 Å². The molecule has 176 valence electrons. The van der Waals surface area contributed by atoms with Crippen molar-refractivity contribution in [2.75, 3.05) is 26.2 Å². The van der Waals surface area contributed by atoms with E-state index in [1.807, 2.05) is 31.2 Å². The standard InChI is InChI=1S/C24H40N4O2.HI/c1-6-13-26-22(29)19-11-8-10-18(15-19)16-27-23(25-7-2)28-17-20-12-9-14-30-21(20)24(3,4)5;/h8,10-11,15,20-21H,6-7,9,12-14,16-17H2,1-5H3,(H,26,29)(H2,25,27,28);1H. The summed E-state index contributed by atoms with van der Waals surface area (Å²) in [6.07, 6.45) is 3.46. The Bertz CT molecular complexity index is 703. The molecule has 0 bridgehead atoms. The van der Waals surface area contributed by atoms with Crippen molar-refractivity contribution < 1.29 is 9.53 Å². The number of halogens is 1. The largest absolute Gasteiger partial charge is 0.377 e. The van der Waals surface area contributed by atoms with Crippen LogP contribution >= 0.6 is 24.0 Å². The molecule has 1 amide bonds. The summed E-state index contributed by atoms with van der Waals surface area (Å²) in [6.45, 7) is 14.6. The van der Waals surface area contributed by atoms with Crippen LogP contribution in [0.3, 0.4) is 0 Å². The minimum atomic E-state index is -0.0294. The minimum Gasteiger partial charge on any atom is -0.377 e. The molecule has 1 aliphatic heterocycles. The Hall–Kier alpha value is -1.35. The van der Waals surface area contributed by atoms with Crippen molar-refractivity contribution in [1.29, 1.82) is 0 Å². The number of ether oxygens (including phenoxy) is 1. The van der Waals surface area contributed by atoms with E-state index in [4.69, 9.17) is 9.73 Å². The second-order valence-electron chi connectivity index (χ2n) is 9.09. The Balaban J connectivity index is 0.00000480. The molecular formula is C24H41IN4O2. The number of carbonyl (C=O) groups is 1. The maximum absolute atomic E-state index is 12.2. The molecule has 1 saturated heterocycles. The third-order valence-electron chi connectivity index (χ3n) is 5.32. The highest BCUT2D eigenvalue weighted by Crippen LogP contribution is 2.33. The lowest BCUT2D eigenvalue weighted by atomic mass is 9.78. The average Bonchev–Trinajstić information content (AvgIpc) is 2.73. The zero-order valence-corrected chi connectivity index (χ0v) is 22.1. The van der Waals surface area contributed by atoms with Crippen LogP contribution in [0.25, 0.3) is 0 Å². The molecule has 0 radical (unpaired) electrons. The van der Waals surface area contributed by atoms with Gasteiger partial charge in [0.15, 0.2) is 5.96 Å². The molecule has 1 fully saturated rings. The normalized spacial score (nSPS) is 19.3. The molecule has 1 aromatic rings. The monoisotopic (exact) mass is 544 g/mol. The zero-order valence-electron chi connectivity index (χ0n) is 19.8. The maximum Gasteiger partial charge on any atom is 0.251 e. The number of benzene rings is 1. The Labute approximate surface area is 205 Å². The molecule has 2 unspecified atom stereocenters. The van der Waals surface area contributed by atoms with E-state index in [0.29, 0.717) is 24.6 Å². The lowest BCUT2D eigenvalue weighted by Gasteiger charge is -2.40. The van der Waals surface area contributed by atoms with Crippen LogP contribution in [0.2, 0.25) is 0 Å². The summed E-state index contributed by atoms with van der Waals surface area (Å²) in [4.78, 5) is 16.9. The van der Waals surface area contributed by atoms with Crippen LogP contribution in [0.1, 0.15) is 69.8 Å². The Kier molecular flexibility index (Phi) is 12.4. The average molecular weight is 545 g/mol. The highest BCUT2D eigenvalue weighted by molar-refractivity contribution is 14.0. The summed E-state index contributed by atoms with van der Waals surface area (Å²) in [7, 11) is 0. The smallest absolute Gasteiger partial charge is 0.251 e. The van der Waals surface area contributed by atoms with Gasteiger partial charge < -0.3 is 20.7 Å². The SMILES string of the molecule is CCCNC(=O)c1cccc(CN=C(NCC)NCC2CCCOC2C(C)(C)C)c1.I. The number of guanidine groups is 1. The van der Waals surface area contributed by atoms with Gasteiger partial charge in [0.25, 0.3) is 5.91 Å². The van der Waals surface area contributed by atoms with Crippen molar-refractivity contribution in [3.63, 3.8) is 0 Å². The molecule has 6 nitrogen and oxygen atoms in total. The van der Waals surface area contributed by atoms with Gasteiger partial charge in [-0.05, 0) is 49.3 Å². The van der Waals surface area contributed by atoms with Gasteiger partial charge >= 0.3 is 0 Å². The number of nitrogens with one attached hydrogen (secondary N) is 3. The molecule has 3 N–H and O–H groups in total. The fraction of sp³-hybridized carbons (Fsp3) is 0.667. The lowest BCUT2D eigenvalue weighted by Crippen LogP contribution is -2.47. The third kappa shape index (κ3) is 9.35. The molecular weight excluding hydrogens is 503 g/mol. The van der Waals surface area contributed by atoms with Gasteiger partial charge in [0.05, 0.1) is 12.6 Å². The first-order valence-corrected chi connectivity index (χ1v) is 11.4. The van der Waals surface area contributed by atoms with Crippen molar-refractivity contribution in [2.24, 2.45) is 16.3 Å². The van der Waals surface area contributed by atoms with Crippen LogP contribution in [0.5, 0.6) is 0 Å². The highest BCUT2D eigenvalue weighted by atomic mass is 127. The number of aliphatic imine (C=N–C) groups is 1. The van der Waals surface area contributed by atoms with E-state index < -0.39 is 0 Å². The van der Waals surface area contributed by atoms with Crippen molar-refractivity contribution in [1.82, 2.24) is 16.0 Å². The van der Waals surface area contributed by atoms with E-state index in [0.717, 1.165) is 44.1 Å². The lowest BCUT2D eigenvalue weighted by molar-refractivity contribution is -0.0835. The highest BCUT2D eigenvalue weighted by Gasteiger charge is 2.35. The van der Waals surface area contributed by atoms with Crippen LogP contribution in [-0.2, 0) is 11.3 Å². The van der Waals surface area contributed by atoms with Gasteiger partial charge in [-0.1, -0.05) is 39.8 Å². The number of nitrogens with zero attached hydrogens (tertiary/aromatic N) is 1. The van der Waals surface area contributed by atoms with E-state index in [-0.39, 0.29) is 41.4 Å². The van der Waals surface area contributed by atoms with Gasteiger partial charge in [0.2, 0.25) is 0 Å². The number of rotatable bonds is 8. The van der Waals surface area contributed by atoms with Crippen LogP contribution in [0.15, 0.2) is 29.3 Å². The van der Waals surface area contributed by atoms with E-state index in [1.54, 1.807) is 0 Å². The summed E-state index contributed by atoms with van der Waals surface area (Å²) in [5, 5.41) is 9.76. The Morgan fingerprint density at radius 2 is 1.97 bits per heavy atom. The summed E-state index contributed by atoms with van der Waals surface area (Å²) in [5.74, 6) is 1.24. The molecule has 2 rings (SSSR count). The second-order valence-corrected chi connectivity index (χ2v) is 9.09. The molecule has 2 atom stereocenters. The Morgan fingerprint density at radius 1 is 1.19 bits per heavy atom. The first-order chi connectivity index (χ1) is 14.3. The van der Waals surface area contributed by atoms with Crippen LogP contribution < -0.4 is 16.0 Å². The number of hydrogen-bond donors (Lipinski definition) is 3. The van der Waals surface area contributed by atoms with Gasteiger partial charge in [-0.15, -0.1) is 24.0 Å². The van der Waals surface area contributed by atoms with Crippen LogP contribution in [0.4, 0.5) is 0 Å². The van der Waals surface area contributed by atoms with Crippen molar-refractivity contribution in [3.8, 4) is 0 Å². The zero-order chi connectivity index (χ0) is 22.0. The van der Waals surface area contributed by atoms with Gasteiger partial charge in [-0.25, -0.2) is 4.99 Å². The predicted molar refractivity (Wildman–Crippen MR) is 139 cm³/mol. The summed E-state index contributed by atoms with van der Waals surface area (Å²) in [6, 6.07) is 7.69. The van der Waals surface area contributed by atoms with Gasteiger partial charge in [0.1, 0.15) is 0 Å². The quantitative estimate of drug-likeness (QED) is 0.259. The fourth-order valence-electron chi connectivity index (χ4n) is 3.90. The number of hydrogen-bond acceptors (Lipinski definition) is 3. The molecule has 0 aliphatic carbocycles. The van der Waals surface area contributed by atoms with Crippen molar-refractivity contribution in [3.05, 3.63) is 35.4 Å². The second kappa shape index (κ2) is 13.9. The molecule has 7 heteroatoms. The van der Waals surface area contributed by atoms with E-state index >= 15 is 0 Å². The molecule has 0 saturated carbocycles. The van der Waals surface area contributed by atoms with Crippen LogP contribution in [-0.4, -0.2) is 44.2 Å². The number of amides is 1. The van der Waals surface area contributed by atoms with E-state index in [9.17, 15) is 4.79 Å². The molecule has 31 heavy (non-hydrogen) atoms. The molecule has 1 aliphatic rings. The minimum absolute atomic E-state index is 0. The summed E-state index contributed by atoms with van der Waals surface area (Å²) >= 11 is 0. The van der Waals surface area contributed by atoms with Crippen LogP contribution in [0, 0.1) is 11.3 Å². The fourth-order valence-corrected chi connectivity index (χ4v) is 3.90. The van der Waals surface area contributed by atoms with Gasteiger partial charge in [-0.2, -0.15) is 0 Å².